The second-order valence-corrected chi connectivity index (χ2v) is 4.80. The van der Waals surface area contributed by atoms with Crippen molar-refractivity contribution in [3.05, 3.63) is 0 Å². The molecule has 5 nitrogen and oxygen atoms in total. The summed E-state index contributed by atoms with van der Waals surface area (Å²) in [5, 5.41) is 2.67. The van der Waals surface area contributed by atoms with Crippen LogP contribution in [0.25, 0.3) is 0 Å². The van der Waals surface area contributed by atoms with Crippen molar-refractivity contribution in [3.63, 3.8) is 0 Å². The molecule has 1 saturated heterocycles. The third kappa shape index (κ3) is 3.94. The van der Waals surface area contributed by atoms with Crippen molar-refractivity contribution in [3.8, 4) is 0 Å². The lowest BCUT2D eigenvalue weighted by Gasteiger charge is -2.42. The second kappa shape index (κ2) is 6.93. The van der Waals surface area contributed by atoms with Crippen LogP contribution in [0.15, 0.2) is 0 Å². The van der Waals surface area contributed by atoms with E-state index in [0.717, 1.165) is 26.1 Å². The van der Waals surface area contributed by atoms with Gasteiger partial charge in [-0.05, 0) is 13.5 Å². The van der Waals surface area contributed by atoms with Crippen LogP contribution in [0.2, 0.25) is 0 Å². The molecule has 1 aliphatic heterocycles. The Morgan fingerprint density at radius 3 is 2.76 bits per heavy atom. The highest BCUT2D eigenvalue weighted by atomic mass is 16.1. The van der Waals surface area contributed by atoms with Gasteiger partial charge in [0.25, 0.3) is 0 Å². The molecule has 5 heteroatoms. The molecule has 0 radical (unpaired) electrons. The molecular formula is C12H26N4O. The molecule has 1 fully saturated rings. The Labute approximate surface area is 104 Å². The molecule has 1 rings (SSSR count). The number of rotatable bonds is 5. The van der Waals surface area contributed by atoms with Crippen molar-refractivity contribution in [2.45, 2.75) is 31.8 Å². The highest BCUT2D eigenvalue weighted by Crippen LogP contribution is 2.14. The van der Waals surface area contributed by atoms with Gasteiger partial charge in [0.05, 0.1) is 0 Å². The molecule has 0 aromatic carbocycles. The molecule has 2 atom stereocenters. The van der Waals surface area contributed by atoms with Gasteiger partial charge in [-0.15, -0.1) is 0 Å². The number of hydrogen-bond acceptors (Lipinski definition) is 4. The van der Waals surface area contributed by atoms with E-state index in [9.17, 15) is 4.79 Å². The largest absolute Gasteiger partial charge is 0.359 e. The molecule has 0 spiro atoms. The van der Waals surface area contributed by atoms with E-state index in [2.05, 4.69) is 29.1 Å². The van der Waals surface area contributed by atoms with E-state index < -0.39 is 0 Å². The number of piperazine rings is 1. The number of hydrogen-bond donors (Lipinski definition) is 2. The highest BCUT2D eigenvalue weighted by molar-refractivity contribution is 5.76. The molecule has 100 valence electrons. The van der Waals surface area contributed by atoms with Crippen LogP contribution in [0.1, 0.15) is 19.8 Å². The first kappa shape index (κ1) is 14.4. The lowest BCUT2D eigenvalue weighted by atomic mass is 10.1. The number of likely N-dealkylation sites (N-methyl/N-ethyl adjacent to an activating group) is 1. The van der Waals surface area contributed by atoms with Crippen molar-refractivity contribution >= 4 is 5.91 Å². The molecule has 17 heavy (non-hydrogen) atoms. The first-order valence-electron chi connectivity index (χ1n) is 6.47. The minimum Gasteiger partial charge on any atom is -0.359 e. The summed E-state index contributed by atoms with van der Waals surface area (Å²) in [6, 6.07) is 0.764. The lowest BCUT2D eigenvalue weighted by molar-refractivity contribution is -0.122. The average molecular weight is 242 g/mol. The molecule has 0 bridgehead atoms. The maximum atomic E-state index is 11.4. The SMILES string of the molecule is CCC1CN(C(CN)CC(=O)NC)CCN1C. The van der Waals surface area contributed by atoms with Gasteiger partial charge < -0.3 is 16.0 Å². The molecule has 1 amide bonds. The molecule has 1 aliphatic rings. The first-order valence-corrected chi connectivity index (χ1v) is 6.47. The van der Waals surface area contributed by atoms with Crippen molar-refractivity contribution in [2.24, 2.45) is 5.73 Å². The first-order chi connectivity index (χ1) is 8.12. The quantitative estimate of drug-likeness (QED) is 0.681. The maximum absolute atomic E-state index is 11.4. The second-order valence-electron chi connectivity index (χ2n) is 4.80. The number of amides is 1. The molecule has 0 aromatic rings. The molecule has 0 aliphatic carbocycles. The fraction of sp³-hybridized carbons (Fsp3) is 0.917. The molecule has 2 unspecified atom stereocenters. The summed E-state index contributed by atoms with van der Waals surface area (Å²) >= 11 is 0. The molecular weight excluding hydrogens is 216 g/mol. The maximum Gasteiger partial charge on any atom is 0.221 e. The van der Waals surface area contributed by atoms with E-state index in [1.807, 2.05) is 0 Å². The van der Waals surface area contributed by atoms with E-state index >= 15 is 0 Å². The summed E-state index contributed by atoms with van der Waals surface area (Å²) in [6.45, 7) is 5.84. The van der Waals surface area contributed by atoms with Crippen molar-refractivity contribution < 1.29 is 4.79 Å². The minimum absolute atomic E-state index is 0.0763. The van der Waals surface area contributed by atoms with E-state index in [-0.39, 0.29) is 11.9 Å². The van der Waals surface area contributed by atoms with E-state index in [1.165, 1.54) is 0 Å². The van der Waals surface area contributed by atoms with Gasteiger partial charge in [0.15, 0.2) is 0 Å². The molecule has 0 saturated carbocycles. The Morgan fingerprint density at radius 1 is 1.53 bits per heavy atom. The Morgan fingerprint density at radius 2 is 2.24 bits per heavy atom. The Balaban J connectivity index is 2.54. The van der Waals surface area contributed by atoms with Crippen LogP contribution in [-0.4, -0.2) is 68.1 Å². The number of carbonyl (C=O) groups is 1. The highest BCUT2D eigenvalue weighted by Gasteiger charge is 2.28. The predicted octanol–water partition coefficient (Wildman–Crippen LogP) is -0.524. The predicted molar refractivity (Wildman–Crippen MR) is 69.8 cm³/mol. The zero-order chi connectivity index (χ0) is 12.8. The number of nitrogens with zero attached hydrogens (tertiary/aromatic N) is 2. The zero-order valence-corrected chi connectivity index (χ0v) is 11.3. The Kier molecular flexibility index (Phi) is 5.88. The fourth-order valence-corrected chi connectivity index (χ4v) is 2.42. The van der Waals surface area contributed by atoms with Crippen LogP contribution < -0.4 is 11.1 Å². The molecule has 3 N–H and O–H groups in total. The van der Waals surface area contributed by atoms with Gasteiger partial charge in [-0.2, -0.15) is 0 Å². The van der Waals surface area contributed by atoms with E-state index in [1.54, 1.807) is 7.05 Å². The third-order valence-corrected chi connectivity index (χ3v) is 3.77. The summed E-state index contributed by atoms with van der Waals surface area (Å²) in [5.41, 5.74) is 5.79. The average Bonchev–Trinajstić information content (AvgIpc) is 2.36. The van der Waals surface area contributed by atoms with Gasteiger partial charge in [-0.1, -0.05) is 6.92 Å². The molecule has 1 heterocycles. The Hall–Kier alpha value is -0.650. The summed E-state index contributed by atoms with van der Waals surface area (Å²) in [5.74, 6) is 0.0763. The van der Waals surface area contributed by atoms with Crippen LogP contribution >= 0.6 is 0 Å². The van der Waals surface area contributed by atoms with Gasteiger partial charge in [0, 0.05) is 51.7 Å². The summed E-state index contributed by atoms with van der Waals surface area (Å²) < 4.78 is 0. The van der Waals surface area contributed by atoms with Crippen LogP contribution in [0, 0.1) is 0 Å². The lowest BCUT2D eigenvalue weighted by Crippen LogP contribution is -2.56. The van der Waals surface area contributed by atoms with E-state index in [4.69, 9.17) is 5.73 Å². The summed E-state index contributed by atoms with van der Waals surface area (Å²) in [6.07, 6.45) is 1.65. The smallest absolute Gasteiger partial charge is 0.221 e. The topological polar surface area (TPSA) is 61.6 Å². The van der Waals surface area contributed by atoms with Crippen LogP contribution in [0.5, 0.6) is 0 Å². The van der Waals surface area contributed by atoms with Crippen molar-refractivity contribution in [2.75, 3.05) is 40.3 Å². The van der Waals surface area contributed by atoms with E-state index in [0.29, 0.717) is 19.0 Å². The van der Waals surface area contributed by atoms with Crippen LogP contribution in [0.4, 0.5) is 0 Å². The number of carbonyl (C=O) groups excluding carboxylic acids is 1. The van der Waals surface area contributed by atoms with Crippen molar-refractivity contribution in [1.82, 2.24) is 15.1 Å². The van der Waals surface area contributed by atoms with Crippen LogP contribution in [0.3, 0.4) is 0 Å². The number of nitrogens with one attached hydrogen (secondary N) is 1. The van der Waals surface area contributed by atoms with Gasteiger partial charge in [-0.3, -0.25) is 9.69 Å². The molecule has 0 aromatic heterocycles. The van der Waals surface area contributed by atoms with Crippen molar-refractivity contribution in [1.29, 1.82) is 0 Å². The standard InChI is InChI=1S/C12H26N4O/c1-4-10-9-16(6-5-15(10)3)11(8-13)7-12(17)14-2/h10-11H,4-9,13H2,1-3H3,(H,14,17). The van der Waals surface area contributed by atoms with Gasteiger partial charge in [0.1, 0.15) is 0 Å². The number of nitrogens with two attached hydrogens (primary N) is 1. The normalized spacial score (nSPS) is 24.6. The van der Waals surface area contributed by atoms with Gasteiger partial charge in [0.2, 0.25) is 5.91 Å². The summed E-state index contributed by atoms with van der Waals surface area (Å²) in [4.78, 5) is 16.2. The minimum atomic E-state index is 0.0763. The zero-order valence-electron chi connectivity index (χ0n) is 11.3. The summed E-state index contributed by atoms with van der Waals surface area (Å²) in [7, 11) is 3.84. The Bertz CT molecular complexity index is 247. The monoisotopic (exact) mass is 242 g/mol. The fourth-order valence-electron chi connectivity index (χ4n) is 2.42. The third-order valence-electron chi connectivity index (χ3n) is 3.77. The van der Waals surface area contributed by atoms with Gasteiger partial charge in [-0.25, -0.2) is 0 Å². The van der Waals surface area contributed by atoms with Gasteiger partial charge >= 0.3 is 0 Å². The van der Waals surface area contributed by atoms with Crippen LogP contribution in [-0.2, 0) is 4.79 Å².